The maximum Gasteiger partial charge on any atom is 0.315 e. The van der Waals surface area contributed by atoms with Crippen LogP contribution in [0.15, 0.2) is 30.3 Å². The summed E-state index contributed by atoms with van der Waals surface area (Å²) in [5, 5.41) is 8.38. The molecule has 6 heteroatoms. The van der Waals surface area contributed by atoms with Crippen LogP contribution in [0.5, 0.6) is 0 Å². The van der Waals surface area contributed by atoms with E-state index < -0.39 is 0 Å². The molecule has 0 atom stereocenters. The standard InChI is InChI=1S/C15H23N3O2S/c19-14(12-21)16-9-5-2-6-10-17-15(20)18-11-13-7-3-1-4-8-13/h1,3-4,7-8,21H,2,5-6,9-12H2,(H,16,19)(H2,17,18,20). The molecule has 116 valence electrons. The Morgan fingerprint density at radius 3 is 2.24 bits per heavy atom. The third-order valence-corrected chi connectivity index (χ3v) is 3.19. The molecule has 0 saturated carbocycles. The molecule has 3 N–H and O–H groups in total. The van der Waals surface area contributed by atoms with E-state index in [0.717, 1.165) is 24.8 Å². The van der Waals surface area contributed by atoms with Gasteiger partial charge in [-0.3, -0.25) is 4.79 Å². The first-order valence-electron chi connectivity index (χ1n) is 7.15. The van der Waals surface area contributed by atoms with Crippen LogP contribution in [0, 0.1) is 0 Å². The highest BCUT2D eigenvalue weighted by atomic mass is 32.1. The van der Waals surface area contributed by atoms with E-state index in [1.807, 2.05) is 30.3 Å². The van der Waals surface area contributed by atoms with Gasteiger partial charge >= 0.3 is 6.03 Å². The van der Waals surface area contributed by atoms with Gasteiger partial charge in [0.15, 0.2) is 0 Å². The Kier molecular flexibility index (Phi) is 9.11. The Labute approximate surface area is 131 Å². The van der Waals surface area contributed by atoms with Gasteiger partial charge in [0.25, 0.3) is 0 Å². The number of nitrogens with one attached hydrogen (secondary N) is 3. The molecule has 0 unspecified atom stereocenters. The minimum atomic E-state index is -0.151. The van der Waals surface area contributed by atoms with E-state index in [1.54, 1.807) is 0 Å². The van der Waals surface area contributed by atoms with Crippen molar-refractivity contribution in [3.8, 4) is 0 Å². The minimum absolute atomic E-state index is 0.0447. The lowest BCUT2D eigenvalue weighted by atomic mass is 10.2. The van der Waals surface area contributed by atoms with E-state index in [2.05, 4.69) is 28.6 Å². The van der Waals surface area contributed by atoms with Crippen molar-refractivity contribution in [2.75, 3.05) is 18.8 Å². The minimum Gasteiger partial charge on any atom is -0.355 e. The van der Waals surface area contributed by atoms with Gasteiger partial charge < -0.3 is 16.0 Å². The van der Waals surface area contributed by atoms with Crippen LogP contribution in [0.3, 0.4) is 0 Å². The highest BCUT2D eigenvalue weighted by Gasteiger charge is 2.00. The van der Waals surface area contributed by atoms with E-state index in [0.29, 0.717) is 19.6 Å². The van der Waals surface area contributed by atoms with Crippen molar-refractivity contribution in [2.24, 2.45) is 0 Å². The molecular formula is C15H23N3O2S. The van der Waals surface area contributed by atoms with Crippen LogP contribution in [-0.4, -0.2) is 30.8 Å². The molecule has 0 aromatic heterocycles. The fraction of sp³-hybridized carbons (Fsp3) is 0.467. The van der Waals surface area contributed by atoms with Gasteiger partial charge in [-0.1, -0.05) is 30.3 Å². The molecule has 0 aliphatic carbocycles. The number of carbonyl (C=O) groups is 2. The molecule has 0 bridgehead atoms. The topological polar surface area (TPSA) is 70.2 Å². The Balaban J connectivity index is 1.95. The van der Waals surface area contributed by atoms with E-state index in [-0.39, 0.29) is 17.7 Å². The summed E-state index contributed by atoms with van der Waals surface area (Å²) in [5.74, 6) is 0.181. The summed E-state index contributed by atoms with van der Waals surface area (Å²) in [6.07, 6.45) is 2.77. The van der Waals surface area contributed by atoms with Crippen molar-refractivity contribution >= 4 is 24.6 Å². The van der Waals surface area contributed by atoms with Crippen molar-refractivity contribution in [1.82, 2.24) is 16.0 Å². The molecule has 21 heavy (non-hydrogen) atoms. The largest absolute Gasteiger partial charge is 0.355 e. The number of carbonyl (C=O) groups excluding carboxylic acids is 2. The zero-order chi connectivity index (χ0) is 15.3. The monoisotopic (exact) mass is 309 g/mol. The van der Waals surface area contributed by atoms with Gasteiger partial charge in [-0.15, -0.1) is 0 Å². The number of urea groups is 1. The Morgan fingerprint density at radius 2 is 1.57 bits per heavy atom. The normalized spacial score (nSPS) is 9.95. The fourth-order valence-electron chi connectivity index (χ4n) is 1.75. The smallest absolute Gasteiger partial charge is 0.315 e. The van der Waals surface area contributed by atoms with Gasteiger partial charge in [-0.2, -0.15) is 12.6 Å². The molecule has 0 radical (unpaired) electrons. The summed E-state index contributed by atoms with van der Waals surface area (Å²) in [6, 6.07) is 9.63. The van der Waals surface area contributed by atoms with Crippen molar-refractivity contribution in [3.63, 3.8) is 0 Å². The summed E-state index contributed by atoms with van der Waals surface area (Å²) < 4.78 is 0. The van der Waals surface area contributed by atoms with E-state index in [1.165, 1.54) is 0 Å². The number of benzene rings is 1. The molecule has 1 rings (SSSR count). The first-order valence-corrected chi connectivity index (χ1v) is 7.79. The predicted molar refractivity (Wildman–Crippen MR) is 87.4 cm³/mol. The van der Waals surface area contributed by atoms with Crippen molar-refractivity contribution < 1.29 is 9.59 Å². The summed E-state index contributed by atoms with van der Waals surface area (Å²) >= 11 is 3.88. The molecule has 1 aromatic rings. The van der Waals surface area contributed by atoms with E-state index in [4.69, 9.17) is 0 Å². The van der Waals surface area contributed by atoms with Crippen LogP contribution in [-0.2, 0) is 11.3 Å². The number of thiol groups is 1. The van der Waals surface area contributed by atoms with E-state index >= 15 is 0 Å². The summed E-state index contributed by atoms with van der Waals surface area (Å²) in [4.78, 5) is 22.5. The first-order chi connectivity index (χ1) is 10.2. The second-order valence-electron chi connectivity index (χ2n) is 4.66. The number of hydrogen-bond acceptors (Lipinski definition) is 3. The average molecular weight is 309 g/mol. The Morgan fingerprint density at radius 1 is 0.905 bits per heavy atom. The summed E-state index contributed by atoms with van der Waals surface area (Å²) in [6.45, 7) is 1.84. The molecule has 1 aromatic carbocycles. The van der Waals surface area contributed by atoms with Gasteiger partial charge in [0, 0.05) is 19.6 Å². The molecule has 3 amide bonds. The lowest BCUT2D eigenvalue weighted by molar-refractivity contribution is -0.118. The van der Waals surface area contributed by atoms with Crippen LogP contribution in [0.1, 0.15) is 24.8 Å². The number of rotatable bonds is 9. The van der Waals surface area contributed by atoms with Crippen molar-refractivity contribution in [3.05, 3.63) is 35.9 Å². The maximum atomic E-state index is 11.5. The number of hydrogen-bond donors (Lipinski definition) is 4. The zero-order valence-electron chi connectivity index (χ0n) is 12.1. The average Bonchev–Trinajstić information content (AvgIpc) is 2.52. The molecular weight excluding hydrogens is 286 g/mol. The lowest BCUT2D eigenvalue weighted by Crippen LogP contribution is -2.35. The lowest BCUT2D eigenvalue weighted by Gasteiger charge is -2.08. The number of unbranched alkanes of at least 4 members (excludes halogenated alkanes) is 2. The second-order valence-corrected chi connectivity index (χ2v) is 4.98. The van der Waals surface area contributed by atoms with Gasteiger partial charge in [-0.25, -0.2) is 4.79 Å². The van der Waals surface area contributed by atoms with Gasteiger partial charge in [0.2, 0.25) is 5.91 Å². The van der Waals surface area contributed by atoms with Crippen LogP contribution in [0.4, 0.5) is 4.79 Å². The predicted octanol–water partition coefficient (Wildman–Crippen LogP) is 1.70. The molecule has 0 fully saturated rings. The molecule has 5 nitrogen and oxygen atoms in total. The Bertz CT molecular complexity index is 426. The SMILES string of the molecule is O=C(CS)NCCCCCNC(=O)NCc1ccccc1. The van der Waals surface area contributed by atoms with Crippen LogP contribution in [0.25, 0.3) is 0 Å². The zero-order valence-corrected chi connectivity index (χ0v) is 13.0. The third-order valence-electron chi connectivity index (χ3n) is 2.90. The number of amides is 3. The van der Waals surface area contributed by atoms with Gasteiger partial charge in [-0.05, 0) is 24.8 Å². The first kappa shape index (κ1) is 17.4. The van der Waals surface area contributed by atoms with Crippen LogP contribution < -0.4 is 16.0 Å². The summed E-state index contributed by atoms with van der Waals surface area (Å²) in [7, 11) is 0. The fourth-order valence-corrected chi connectivity index (χ4v) is 1.86. The summed E-state index contributed by atoms with van der Waals surface area (Å²) in [5.41, 5.74) is 1.08. The van der Waals surface area contributed by atoms with Gasteiger partial charge in [0.05, 0.1) is 5.75 Å². The molecule has 0 aliphatic rings. The van der Waals surface area contributed by atoms with Crippen LogP contribution >= 0.6 is 12.6 Å². The van der Waals surface area contributed by atoms with E-state index in [9.17, 15) is 9.59 Å². The third kappa shape index (κ3) is 8.96. The highest BCUT2D eigenvalue weighted by Crippen LogP contribution is 1.97. The van der Waals surface area contributed by atoms with Crippen LogP contribution in [0.2, 0.25) is 0 Å². The highest BCUT2D eigenvalue weighted by molar-refractivity contribution is 7.81. The Hall–Kier alpha value is -1.69. The molecule has 0 aliphatic heterocycles. The van der Waals surface area contributed by atoms with Gasteiger partial charge in [0.1, 0.15) is 0 Å². The maximum absolute atomic E-state index is 11.5. The van der Waals surface area contributed by atoms with Crippen molar-refractivity contribution in [2.45, 2.75) is 25.8 Å². The van der Waals surface area contributed by atoms with Crippen molar-refractivity contribution in [1.29, 1.82) is 0 Å². The quantitative estimate of drug-likeness (QED) is 0.414. The molecule has 0 saturated heterocycles. The molecule has 0 spiro atoms. The molecule has 0 heterocycles. The second kappa shape index (κ2) is 11.0.